The summed E-state index contributed by atoms with van der Waals surface area (Å²) in [5.41, 5.74) is 4.53. The zero-order valence-electron chi connectivity index (χ0n) is 15.6. The van der Waals surface area contributed by atoms with Crippen molar-refractivity contribution >= 4 is 23.2 Å². The van der Waals surface area contributed by atoms with Crippen molar-refractivity contribution in [2.75, 3.05) is 38.0 Å². The van der Waals surface area contributed by atoms with Gasteiger partial charge in [0.25, 0.3) is 5.91 Å². The highest BCUT2D eigenvalue weighted by Gasteiger charge is 2.25. The smallest absolute Gasteiger partial charge is 0.279 e. The molecule has 1 saturated heterocycles. The zero-order valence-corrected chi connectivity index (χ0v) is 16.3. The van der Waals surface area contributed by atoms with E-state index < -0.39 is 0 Å². The average molecular weight is 374 g/mol. The monoisotopic (exact) mass is 373 g/mol. The molecule has 1 aliphatic heterocycles. The lowest BCUT2D eigenvalue weighted by molar-refractivity contribution is -1.02. The van der Waals surface area contributed by atoms with E-state index in [1.54, 1.807) is 4.90 Å². The number of hydrogen-bond acceptors (Lipinski definition) is 1. The van der Waals surface area contributed by atoms with E-state index in [1.807, 2.05) is 37.3 Å². The summed E-state index contributed by atoms with van der Waals surface area (Å²) in [5, 5.41) is 3.86. The van der Waals surface area contributed by atoms with Crippen molar-refractivity contribution in [1.29, 1.82) is 0 Å². The van der Waals surface area contributed by atoms with Gasteiger partial charge in [-0.1, -0.05) is 41.4 Å². The molecule has 0 radical (unpaired) electrons. The minimum absolute atomic E-state index is 0.102. The number of aryl methyl sites for hydroxylation is 2. The number of rotatable bonds is 5. The van der Waals surface area contributed by atoms with Gasteiger partial charge in [-0.3, -0.25) is 4.79 Å². The van der Waals surface area contributed by atoms with Crippen LogP contribution in [0.15, 0.2) is 42.5 Å². The van der Waals surface area contributed by atoms with Crippen LogP contribution in [0.3, 0.4) is 0 Å². The largest absolute Gasteiger partial charge is 0.322 e. The molecule has 0 aromatic heterocycles. The Hall–Kier alpha value is -1.88. The Balaban J connectivity index is 1.45. The molecule has 0 aliphatic carbocycles. The summed E-state index contributed by atoms with van der Waals surface area (Å²) in [4.78, 5) is 15.3. The molecule has 2 aromatic rings. The number of anilines is 1. The lowest BCUT2D eigenvalue weighted by Gasteiger charge is -2.29. The third-order valence-electron chi connectivity index (χ3n) is 5.07. The van der Waals surface area contributed by atoms with E-state index in [9.17, 15) is 4.79 Å². The van der Waals surface area contributed by atoms with Gasteiger partial charge >= 0.3 is 0 Å². The first-order valence-electron chi connectivity index (χ1n) is 9.28. The van der Waals surface area contributed by atoms with Crippen LogP contribution in [0.25, 0.3) is 0 Å². The normalized spacial score (nSPS) is 20.0. The number of carbonyl (C=O) groups is 1. The second-order valence-corrected chi connectivity index (χ2v) is 7.79. The van der Waals surface area contributed by atoms with Crippen LogP contribution in [0.4, 0.5) is 5.69 Å². The molecule has 1 aliphatic rings. The fourth-order valence-corrected chi connectivity index (χ4v) is 3.83. The first kappa shape index (κ1) is 18.9. The number of halogens is 1. The van der Waals surface area contributed by atoms with E-state index in [0.29, 0.717) is 6.54 Å². The summed E-state index contributed by atoms with van der Waals surface area (Å²) in [6.07, 6.45) is 0. The molecule has 0 unspecified atom stereocenters. The summed E-state index contributed by atoms with van der Waals surface area (Å²) >= 11 is 6.07. The van der Waals surface area contributed by atoms with Crippen LogP contribution in [0.1, 0.15) is 16.7 Å². The molecule has 26 heavy (non-hydrogen) atoms. The molecule has 138 valence electrons. The molecule has 3 N–H and O–H groups in total. The summed E-state index contributed by atoms with van der Waals surface area (Å²) in [6, 6.07) is 14.2. The van der Waals surface area contributed by atoms with Crippen LogP contribution in [-0.4, -0.2) is 38.6 Å². The Bertz CT molecular complexity index is 770. The van der Waals surface area contributed by atoms with Gasteiger partial charge in [0.15, 0.2) is 6.54 Å². The summed E-state index contributed by atoms with van der Waals surface area (Å²) < 4.78 is 0. The number of piperazine rings is 1. The second kappa shape index (κ2) is 8.67. The van der Waals surface area contributed by atoms with E-state index >= 15 is 0 Å². The number of hydrogen-bond donors (Lipinski definition) is 3. The van der Waals surface area contributed by atoms with Crippen LogP contribution in [0.2, 0.25) is 5.02 Å². The van der Waals surface area contributed by atoms with E-state index in [2.05, 4.69) is 24.4 Å². The summed E-state index contributed by atoms with van der Waals surface area (Å²) in [5.74, 6) is 0.102. The topological polar surface area (TPSA) is 38.0 Å². The van der Waals surface area contributed by atoms with Gasteiger partial charge in [0.1, 0.15) is 32.7 Å². The van der Waals surface area contributed by atoms with E-state index in [4.69, 9.17) is 11.6 Å². The lowest BCUT2D eigenvalue weighted by Crippen LogP contribution is -3.28. The molecule has 0 bridgehead atoms. The average Bonchev–Trinajstić information content (AvgIpc) is 2.59. The van der Waals surface area contributed by atoms with Crippen molar-refractivity contribution in [3.05, 3.63) is 64.2 Å². The third kappa shape index (κ3) is 5.31. The quantitative estimate of drug-likeness (QED) is 0.715. The van der Waals surface area contributed by atoms with Crippen LogP contribution in [0, 0.1) is 13.8 Å². The van der Waals surface area contributed by atoms with Crippen LogP contribution < -0.4 is 15.1 Å². The van der Waals surface area contributed by atoms with Gasteiger partial charge < -0.3 is 15.1 Å². The fourth-order valence-electron chi connectivity index (χ4n) is 3.62. The molecule has 2 aromatic carbocycles. The first-order chi connectivity index (χ1) is 12.5. The van der Waals surface area contributed by atoms with E-state index in [-0.39, 0.29) is 5.91 Å². The number of quaternary nitrogens is 2. The van der Waals surface area contributed by atoms with E-state index in [0.717, 1.165) is 49.0 Å². The molecule has 1 heterocycles. The predicted octanol–water partition coefficient (Wildman–Crippen LogP) is 0.879. The minimum atomic E-state index is 0.102. The highest BCUT2D eigenvalue weighted by Crippen LogP contribution is 2.15. The van der Waals surface area contributed by atoms with Gasteiger partial charge in [-0.2, -0.15) is 0 Å². The second-order valence-electron chi connectivity index (χ2n) is 7.35. The Morgan fingerprint density at radius 2 is 1.77 bits per heavy atom. The Morgan fingerprint density at radius 3 is 2.46 bits per heavy atom. The van der Waals surface area contributed by atoms with Crippen LogP contribution >= 0.6 is 11.6 Å². The molecule has 0 atom stereocenters. The molecule has 5 heteroatoms. The third-order valence-corrected chi connectivity index (χ3v) is 5.31. The zero-order chi connectivity index (χ0) is 18.5. The summed E-state index contributed by atoms with van der Waals surface area (Å²) in [7, 11) is 0. The summed E-state index contributed by atoms with van der Waals surface area (Å²) in [6.45, 7) is 9.85. The van der Waals surface area contributed by atoms with E-state index in [1.165, 1.54) is 16.0 Å². The molecular weight excluding hydrogens is 346 g/mol. The highest BCUT2D eigenvalue weighted by atomic mass is 35.5. The lowest BCUT2D eigenvalue weighted by atomic mass is 10.1. The molecule has 4 nitrogen and oxygen atoms in total. The first-order valence-corrected chi connectivity index (χ1v) is 9.66. The Morgan fingerprint density at radius 1 is 1.04 bits per heavy atom. The maximum atomic E-state index is 12.4. The van der Waals surface area contributed by atoms with Crippen LogP contribution in [0.5, 0.6) is 0 Å². The molecular formula is C21H28ClN3O+2. The molecule has 3 rings (SSSR count). The number of carbonyl (C=O) groups excluding carboxylic acids is 1. The van der Waals surface area contributed by atoms with Gasteiger partial charge in [0.05, 0.1) is 0 Å². The maximum Gasteiger partial charge on any atom is 0.279 e. The highest BCUT2D eigenvalue weighted by molar-refractivity contribution is 6.30. The van der Waals surface area contributed by atoms with Gasteiger partial charge in [0.2, 0.25) is 0 Å². The fraction of sp³-hybridized carbons (Fsp3) is 0.381. The number of nitrogens with one attached hydrogen (secondary N) is 3. The van der Waals surface area contributed by atoms with Gasteiger partial charge in [0, 0.05) is 16.3 Å². The number of benzene rings is 2. The van der Waals surface area contributed by atoms with Crippen LogP contribution in [-0.2, 0) is 11.3 Å². The van der Waals surface area contributed by atoms with Gasteiger partial charge in [-0.05, 0) is 37.6 Å². The molecule has 0 spiro atoms. The van der Waals surface area contributed by atoms with Crippen molar-refractivity contribution in [1.82, 2.24) is 0 Å². The molecule has 1 amide bonds. The molecule has 1 fully saturated rings. The Labute approximate surface area is 160 Å². The SMILES string of the molecule is Cc1ccc(NC(=O)C[NH+]2CC[NH+](Cc3cccc(Cl)c3)CC2)c(C)c1. The molecule has 0 saturated carbocycles. The Kier molecular flexibility index (Phi) is 6.30. The van der Waals surface area contributed by atoms with Crippen molar-refractivity contribution in [2.45, 2.75) is 20.4 Å². The van der Waals surface area contributed by atoms with Crippen molar-refractivity contribution in [3.63, 3.8) is 0 Å². The van der Waals surface area contributed by atoms with Gasteiger partial charge in [-0.25, -0.2) is 0 Å². The van der Waals surface area contributed by atoms with Crippen molar-refractivity contribution < 1.29 is 14.6 Å². The maximum absolute atomic E-state index is 12.4. The minimum Gasteiger partial charge on any atom is -0.322 e. The predicted molar refractivity (Wildman–Crippen MR) is 106 cm³/mol. The standard InChI is InChI=1S/C21H26ClN3O/c1-16-6-7-20(17(2)12-16)23-21(26)15-25-10-8-24(9-11-25)14-18-4-3-5-19(22)13-18/h3-7,12-13H,8-11,14-15H2,1-2H3,(H,23,26)/p+2. The van der Waals surface area contributed by atoms with Crippen molar-refractivity contribution in [2.24, 2.45) is 0 Å². The number of amides is 1. The van der Waals surface area contributed by atoms with Gasteiger partial charge in [-0.15, -0.1) is 0 Å². The van der Waals surface area contributed by atoms with Crippen molar-refractivity contribution in [3.8, 4) is 0 Å².